The Labute approximate surface area is 149 Å². The summed E-state index contributed by atoms with van der Waals surface area (Å²) in [6.07, 6.45) is 4.65. The number of ether oxygens (including phenoxy) is 1. The normalized spacial score (nSPS) is 19.6. The number of nitrogens with one attached hydrogen (secondary N) is 1. The lowest BCUT2D eigenvalue weighted by Gasteiger charge is -2.36. The molecule has 0 bridgehead atoms. The molecule has 2 aromatic heterocycles. The zero-order valence-corrected chi connectivity index (χ0v) is 14.9. The van der Waals surface area contributed by atoms with Gasteiger partial charge in [0, 0.05) is 43.5 Å². The van der Waals surface area contributed by atoms with Gasteiger partial charge in [-0.2, -0.15) is 0 Å². The highest BCUT2D eigenvalue weighted by Crippen LogP contribution is 2.29. The molecule has 0 radical (unpaired) electrons. The van der Waals surface area contributed by atoms with Gasteiger partial charge in [0.15, 0.2) is 10.9 Å². The molecule has 1 aliphatic heterocycles. The molecular weight excluding hydrogens is 345 g/mol. The zero-order chi connectivity index (χ0) is 17.8. The van der Waals surface area contributed by atoms with Gasteiger partial charge in [0.2, 0.25) is 5.91 Å². The predicted molar refractivity (Wildman–Crippen MR) is 91.8 cm³/mol. The van der Waals surface area contributed by atoms with Crippen molar-refractivity contribution in [1.82, 2.24) is 19.9 Å². The molecule has 9 heteroatoms. The first-order valence-electron chi connectivity index (χ1n) is 8.06. The van der Waals surface area contributed by atoms with E-state index in [-0.39, 0.29) is 18.1 Å². The maximum Gasteiger partial charge on any atom is 0.223 e. The second-order valence-electron chi connectivity index (χ2n) is 5.93. The second kappa shape index (κ2) is 7.94. The number of nitrogens with zero attached hydrogens (tertiary/aromatic N) is 4. The first-order chi connectivity index (χ1) is 12.0. The van der Waals surface area contributed by atoms with E-state index in [2.05, 4.69) is 32.1 Å². The zero-order valence-electron chi connectivity index (χ0n) is 14.1. The number of hydrogen-bond donors (Lipinski definition) is 1. The van der Waals surface area contributed by atoms with Crippen LogP contribution in [0, 0.1) is 5.82 Å². The average molecular weight is 365 g/mol. The fourth-order valence-corrected chi connectivity index (χ4v) is 3.68. The van der Waals surface area contributed by atoms with Crippen molar-refractivity contribution >= 4 is 22.4 Å². The van der Waals surface area contributed by atoms with Gasteiger partial charge in [-0.15, -0.1) is 11.3 Å². The molecule has 2 aromatic rings. The quantitative estimate of drug-likeness (QED) is 0.873. The second-order valence-corrected chi connectivity index (χ2v) is 7.00. The van der Waals surface area contributed by atoms with Crippen LogP contribution < -0.4 is 5.32 Å². The molecular formula is C16H20FN5O2S. The van der Waals surface area contributed by atoms with Crippen LogP contribution in [0.5, 0.6) is 0 Å². The maximum atomic E-state index is 12.9. The van der Waals surface area contributed by atoms with E-state index in [0.717, 1.165) is 18.0 Å². The molecule has 0 aromatic carbocycles. The number of morpholine rings is 1. The molecule has 25 heavy (non-hydrogen) atoms. The Morgan fingerprint density at radius 2 is 2.20 bits per heavy atom. The van der Waals surface area contributed by atoms with Crippen LogP contribution in [0.2, 0.25) is 0 Å². The first kappa shape index (κ1) is 17.8. The van der Waals surface area contributed by atoms with Gasteiger partial charge in [-0.1, -0.05) is 0 Å². The number of thiazole rings is 1. The summed E-state index contributed by atoms with van der Waals surface area (Å²) < 4.78 is 18.7. The van der Waals surface area contributed by atoms with Gasteiger partial charge in [0.1, 0.15) is 5.82 Å². The summed E-state index contributed by atoms with van der Waals surface area (Å²) in [5.41, 5.74) is 0. The van der Waals surface area contributed by atoms with Crippen molar-refractivity contribution in [2.45, 2.75) is 32.4 Å². The third-order valence-electron chi connectivity index (χ3n) is 4.02. The number of carbonyl (C=O) groups is 1. The van der Waals surface area contributed by atoms with Crippen LogP contribution in [-0.4, -0.2) is 51.6 Å². The highest BCUT2D eigenvalue weighted by Gasteiger charge is 2.27. The average Bonchev–Trinajstić information content (AvgIpc) is 3.04. The van der Waals surface area contributed by atoms with Crippen LogP contribution in [-0.2, 0) is 16.0 Å². The number of aromatic nitrogens is 3. The van der Waals surface area contributed by atoms with E-state index in [4.69, 9.17) is 4.74 Å². The van der Waals surface area contributed by atoms with Gasteiger partial charge >= 0.3 is 0 Å². The van der Waals surface area contributed by atoms with Gasteiger partial charge in [0.25, 0.3) is 0 Å². The molecule has 2 atom stereocenters. The Morgan fingerprint density at radius 1 is 1.44 bits per heavy atom. The highest BCUT2D eigenvalue weighted by molar-refractivity contribution is 7.15. The van der Waals surface area contributed by atoms with Crippen LogP contribution in [0.15, 0.2) is 18.6 Å². The summed E-state index contributed by atoms with van der Waals surface area (Å²) in [5, 5.41) is 3.32. The van der Waals surface area contributed by atoms with Crippen molar-refractivity contribution in [3.8, 4) is 0 Å². The van der Waals surface area contributed by atoms with Gasteiger partial charge in [0.05, 0.1) is 25.1 Å². The minimum absolute atomic E-state index is 0.0376. The number of anilines is 1. The van der Waals surface area contributed by atoms with E-state index in [1.54, 1.807) is 6.20 Å². The molecule has 134 valence electrons. The molecule has 1 fully saturated rings. The number of carbonyl (C=O) groups excluding carboxylic acids is 1. The molecule has 0 saturated carbocycles. The molecule has 7 nitrogen and oxygen atoms in total. The molecule has 3 rings (SSSR count). The Bertz CT molecular complexity index is 724. The lowest BCUT2D eigenvalue weighted by Crippen LogP contribution is -2.44. The third-order valence-corrected chi connectivity index (χ3v) is 5.10. The van der Waals surface area contributed by atoms with Gasteiger partial charge in [-0.05, 0) is 6.92 Å². The fraction of sp³-hybridized carbons (Fsp3) is 0.500. The number of halogens is 1. The summed E-state index contributed by atoms with van der Waals surface area (Å²) in [4.78, 5) is 26.8. The number of rotatable bonds is 5. The molecule has 2 unspecified atom stereocenters. The van der Waals surface area contributed by atoms with Gasteiger partial charge < -0.3 is 10.1 Å². The molecule has 1 saturated heterocycles. The summed E-state index contributed by atoms with van der Waals surface area (Å²) in [5.74, 6) is 0.00894. The Hall–Kier alpha value is -1.97. The first-order valence-corrected chi connectivity index (χ1v) is 8.88. The van der Waals surface area contributed by atoms with Gasteiger partial charge in [-0.25, -0.2) is 19.3 Å². The van der Waals surface area contributed by atoms with Crippen molar-refractivity contribution in [1.29, 1.82) is 0 Å². The standard InChI is InChI=1S/C16H20FN5O2S/c1-10(14-8-20-16(25-14)21-11(2)23)22-3-4-24-13(9-22)5-15-18-6-12(17)7-19-15/h6-8,10,13H,3-5,9H2,1-2H3,(H,20,21,23). The van der Waals surface area contributed by atoms with E-state index in [0.29, 0.717) is 24.0 Å². The SMILES string of the molecule is CC(=O)Nc1ncc(C(C)N2CCOC(Cc3ncc(F)cn3)C2)s1. The molecule has 0 aliphatic carbocycles. The smallest absolute Gasteiger partial charge is 0.223 e. The van der Waals surface area contributed by atoms with E-state index < -0.39 is 5.82 Å². The third kappa shape index (κ3) is 4.77. The maximum absolute atomic E-state index is 12.9. The van der Waals surface area contributed by atoms with E-state index in [1.807, 2.05) is 0 Å². The fourth-order valence-electron chi connectivity index (χ4n) is 2.73. The molecule has 1 amide bonds. The van der Waals surface area contributed by atoms with Crippen LogP contribution in [0.1, 0.15) is 30.6 Å². The Morgan fingerprint density at radius 3 is 2.92 bits per heavy atom. The molecule has 3 heterocycles. The summed E-state index contributed by atoms with van der Waals surface area (Å²) in [6.45, 7) is 5.74. The number of amides is 1. The predicted octanol–water partition coefficient (Wildman–Crippen LogP) is 2.04. The summed E-state index contributed by atoms with van der Waals surface area (Å²) >= 11 is 1.48. The minimum Gasteiger partial charge on any atom is -0.375 e. The van der Waals surface area contributed by atoms with Crippen LogP contribution >= 0.6 is 11.3 Å². The Kier molecular flexibility index (Phi) is 5.67. The monoisotopic (exact) mass is 365 g/mol. The van der Waals surface area contributed by atoms with Crippen molar-refractivity contribution in [2.24, 2.45) is 0 Å². The largest absolute Gasteiger partial charge is 0.375 e. The molecule has 0 spiro atoms. The van der Waals surface area contributed by atoms with E-state index in [1.165, 1.54) is 30.7 Å². The van der Waals surface area contributed by atoms with Gasteiger partial charge in [-0.3, -0.25) is 9.69 Å². The lowest BCUT2D eigenvalue weighted by atomic mass is 10.1. The molecule has 1 aliphatic rings. The summed E-state index contributed by atoms with van der Waals surface area (Å²) in [6, 6.07) is 0.167. The lowest BCUT2D eigenvalue weighted by molar-refractivity contribution is -0.114. The minimum atomic E-state index is -0.441. The van der Waals surface area contributed by atoms with Crippen molar-refractivity contribution in [2.75, 3.05) is 25.0 Å². The van der Waals surface area contributed by atoms with Crippen LogP contribution in [0.25, 0.3) is 0 Å². The van der Waals surface area contributed by atoms with Crippen LogP contribution in [0.3, 0.4) is 0 Å². The van der Waals surface area contributed by atoms with Crippen molar-refractivity contribution < 1.29 is 13.9 Å². The number of hydrogen-bond acceptors (Lipinski definition) is 7. The van der Waals surface area contributed by atoms with Crippen molar-refractivity contribution in [3.63, 3.8) is 0 Å². The van der Waals surface area contributed by atoms with Crippen molar-refractivity contribution in [3.05, 3.63) is 35.1 Å². The van der Waals surface area contributed by atoms with E-state index in [9.17, 15) is 9.18 Å². The highest BCUT2D eigenvalue weighted by atomic mass is 32.1. The van der Waals surface area contributed by atoms with Crippen LogP contribution in [0.4, 0.5) is 9.52 Å². The Balaban J connectivity index is 1.61. The summed E-state index contributed by atoms with van der Waals surface area (Å²) in [7, 11) is 0. The topological polar surface area (TPSA) is 80.2 Å². The molecule has 1 N–H and O–H groups in total. The van der Waals surface area contributed by atoms with E-state index >= 15 is 0 Å².